The smallest absolute Gasteiger partial charge is 0.346 e. The standard InChI is InChI=1S/C30H26BrN3O7/c1-5-39-25-14-18(13-21(31)27(25)40-17(2)30(36)38-4)16-32-34-28(33-22-10-7-6-9-19(22)29(34)35)26-15-20-23(37-3)11-8-12-24(20)41-26/h6-17H,5H2,1-4H3/t17-/m0/s1. The third kappa shape index (κ3) is 5.53. The number of ether oxygens (including phenoxy) is 4. The van der Waals surface area contributed by atoms with E-state index in [0.29, 0.717) is 56.1 Å². The number of para-hydroxylation sites is 1. The molecule has 1 atom stereocenters. The first kappa shape index (κ1) is 27.9. The van der Waals surface area contributed by atoms with Crippen LogP contribution in [0.4, 0.5) is 0 Å². The van der Waals surface area contributed by atoms with Crippen LogP contribution < -0.4 is 19.8 Å². The van der Waals surface area contributed by atoms with Crippen LogP contribution in [-0.4, -0.2) is 48.8 Å². The highest BCUT2D eigenvalue weighted by atomic mass is 79.9. The summed E-state index contributed by atoms with van der Waals surface area (Å²) in [7, 11) is 2.87. The minimum atomic E-state index is -0.859. The summed E-state index contributed by atoms with van der Waals surface area (Å²) in [5.41, 5.74) is 1.31. The molecule has 41 heavy (non-hydrogen) atoms. The lowest BCUT2D eigenvalue weighted by molar-refractivity contribution is -0.147. The maximum atomic E-state index is 13.6. The predicted octanol–water partition coefficient (Wildman–Crippen LogP) is 5.80. The van der Waals surface area contributed by atoms with Crippen molar-refractivity contribution in [3.63, 3.8) is 0 Å². The van der Waals surface area contributed by atoms with Crippen LogP contribution in [0, 0.1) is 0 Å². The van der Waals surface area contributed by atoms with Crippen molar-refractivity contribution in [1.29, 1.82) is 0 Å². The fraction of sp³-hybridized carbons (Fsp3) is 0.200. The predicted molar refractivity (Wildman–Crippen MR) is 158 cm³/mol. The molecule has 5 rings (SSSR count). The van der Waals surface area contributed by atoms with Crippen molar-refractivity contribution < 1.29 is 28.2 Å². The summed E-state index contributed by atoms with van der Waals surface area (Å²) < 4.78 is 29.6. The first-order valence-electron chi connectivity index (χ1n) is 12.7. The molecule has 0 aliphatic heterocycles. The van der Waals surface area contributed by atoms with Crippen molar-refractivity contribution in [2.45, 2.75) is 20.0 Å². The van der Waals surface area contributed by atoms with Gasteiger partial charge in [0, 0.05) is 0 Å². The molecule has 2 aromatic heterocycles. The molecule has 5 aromatic rings. The zero-order valence-corrected chi connectivity index (χ0v) is 24.3. The Hall–Kier alpha value is -4.64. The molecule has 0 bridgehead atoms. The number of carbonyl (C=O) groups excluding carboxylic acids is 1. The molecule has 11 heteroatoms. The Balaban J connectivity index is 1.62. The monoisotopic (exact) mass is 619 g/mol. The second-order valence-corrected chi connectivity index (χ2v) is 9.70. The highest BCUT2D eigenvalue weighted by Gasteiger charge is 2.21. The molecular weight excluding hydrogens is 594 g/mol. The van der Waals surface area contributed by atoms with Crippen molar-refractivity contribution in [2.75, 3.05) is 20.8 Å². The number of hydrogen-bond donors (Lipinski definition) is 0. The molecular formula is C30H26BrN3O7. The first-order chi connectivity index (χ1) is 19.8. The number of carbonyl (C=O) groups is 1. The Labute approximate surface area is 243 Å². The Bertz CT molecular complexity index is 1840. The van der Waals surface area contributed by atoms with E-state index in [4.69, 9.17) is 28.3 Å². The molecule has 0 radical (unpaired) electrons. The molecule has 0 N–H and O–H groups in total. The molecule has 210 valence electrons. The fourth-order valence-electron chi connectivity index (χ4n) is 4.27. The van der Waals surface area contributed by atoms with Crippen LogP contribution in [0.3, 0.4) is 0 Å². The van der Waals surface area contributed by atoms with Gasteiger partial charge >= 0.3 is 5.97 Å². The van der Waals surface area contributed by atoms with Crippen molar-refractivity contribution >= 4 is 50.0 Å². The SMILES string of the molecule is CCOc1cc(C=Nn2c(-c3cc4c(OC)cccc4o3)nc3ccccc3c2=O)cc(Br)c1O[C@@H](C)C(=O)OC. The number of rotatable bonds is 9. The second-order valence-electron chi connectivity index (χ2n) is 8.84. The number of halogens is 1. The van der Waals surface area contributed by atoms with Gasteiger partial charge in [0.25, 0.3) is 5.56 Å². The van der Waals surface area contributed by atoms with Gasteiger partial charge < -0.3 is 23.4 Å². The maximum absolute atomic E-state index is 13.6. The molecule has 0 saturated heterocycles. The zero-order valence-electron chi connectivity index (χ0n) is 22.7. The number of benzene rings is 3. The summed E-state index contributed by atoms with van der Waals surface area (Å²) in [4.78, 5) is 30.3. The van der Waals surface area contributed by atoms with Crippen molar-refractivity contribution in [3.05, 3.63) is 81.1 Å². The normalized spacial score (nSPS) is 12.1. The second kappa shape index (κ2) is 11.8. The van der Waals surface area contributed by atoms with Gasteiger partial charge in [-0.2, -0.15) is 9.78 Å². The minimum Gasteiger partial charge on any atom is -0.496 e. The largest absolute Gasteiger partial charge is 0.496 e. The molecule has 0 saturated carbocycles. The average molecular weight is 620 g/mol. The van der Waals surface area contributed by atoms with Crippen LogP contribution in [0.1, 0.15) is 19.4 Å². The molecule has 2 heterocycles. The number of methoxy groups -OCH3 is 2. The number of aromatic nitrogens is 2. The van der Waals surface area contributed by atoms with Gasteiger partial charge in [0.1, 0.15) is 11.3 Å². The van der Waals surface area contributed by atoms with Gasteiger partial charge in [0.15, 0.2) is 23.4 Å². The maximum Gasteiger partial charge on any atom is 0.346 e. The molecule has 3 aromatic carbocycles. The van der Waals surface area contributed by atoms with Gasteiger partial charge in [-0.15, -0.1) is 0 Å². The quantitative estimate of drug-likeness (QED) is 0.150. The van der Waals surface area contributed by atoms with E-state index in [9.17, 15) is 9.59 Å². The molecule has 0 aliphatic rings. The molecule has 0 spiro atoms. The minimum absolute atomic E-state index is 0.221. The summed E-state index contributed by atoms with van der Waals surface area (Å²) in [6.07, 6.45) is 0.646. The van der Waals surface area contributed by atoms with Crippen LogP contribution in [0.25, 0.3) is 33.5 Å². The van der Waals surface area contributed by atoms with E-state index in [2.05, 4.69) is 21.0 Å². The number of esters is 1. The van der Waals surface area contributed by atoms with Crippen LogP contribution in [-0.2, 0) is 9.53 Å². The van der Waals surface area contributed by atoms with E-state index in [1.165, 1.54) is 18.0 Å². The van der Waals surface area contributed by atoms with E-state index in [1.54, 1.807) is 50.4 Å². The summed E-state index contributed by atoms with van der Waals surface area (Å²) in [5, 5.41) is 5.67. The van der Waals surface area contributed by atoms with Gasteiger partial charge in [-0.25, -0.2) is 9.78 Å². The van der Waals surface area contributed by atoms with Crippen molar-refractivity contribution in [2.24, 2.45) is 5.10 Å². The lowest BCUT2D eigenvalue weighted by Gasteiger charge is -2.17. The summed E-state index contributed by atoms with van der Waals surface area (Å²) >= 11 is 3.50. The van der Waals surface area contributed by atoms with Crippen LogP contribution >= 0.6 is 15.9 Å². The van der Waals surface area contributed by atoms with E-state index < -0.39 is 12.1 Å². The van der Waals surface area contributed by atoms with Crippen molar-refractivity contribution in [1.82, 2.24) is 9.66 Å². The average Bonchev–Trinajstić information content (AvgIpc) is 3.42. The van der Waals surface area contributed by atoms with Crippen LogP contribution in [0.2, 0.25) is 0 Å². The molecule has 0 unspecified atom stereocenters. The molecule has 0 amide bonds. The van der Waals surface area contributed by atoms with Gasteiger partial charge in [-0.3, -0.25) is 4.79 Å². The number of furan rings is 1. The number of nitrogens with zero attached hydrogens (tertiary/aromatic N) is 3. The summed E-state index contributed by atoms with van der Waals surface area (Å²) in [5.74, 6) is 1.40. The van der Waals surface area contributed by atoms with Gasteiger partial charge in [-0.05, 0) is 77.8 Å². The van der Waals surface area contributed by atoms with Gasteiger partial charge in [-0.1, -0.05) is 18.2 Å². The lowest BCUT2D eigenvalue weighted by Crippen LogP contribution is -2.25. The molecule has 0 aliphatic carbocycles. The highest BCUT2D eigenvalue weighted by molar-refractivity contribution is 9.10. The third-order valence-corrected chi connectivity index (χ3v) is 6.79. The van der Waals surface area contributed by atoms with Crippen molar-refractivity contribution in [3.8, 4) is 28.8 Å². The van der Waals surface area contributed by atoms with E-state index in [1.807, 2.05) is 31.2 Å². The van der Waals surface area contributed by atoms with Gasteiger partial charge in [0.05, 0.1) is 47.8 Å². The number of fused-ring (bicyclic) bond motifs is 2. The summed E-state index contributed by atoms with van der Waals surface area (Å²) in [6, 6.07) is 17.7. The Kier molecular flexibility index (Phi) is 8.06. The van der Waals surface area contributed by atoms with E-state index >= 15 is 0 Å². The topological polar surface area (TPSA) is 114 Å². The van der Waals surface area contributed by atoms with Crippen LogP contribution in [0.15, 0.2) is 79.4 Å². The van der Waals surface area contributed by atoms with E-state index in [0.717, 1.165) is 5.39 Å². The summed E-state index contributed by atoms with van der Waals surface area (Å²) in [6.45, 7) is 3.76. The Morgan fingerprint density at radius 1 is 1.10 bits per heavy atom. The van der Waals surface area contributed by atoms with E-state index in [-0.39, 0.29) is 11.4 Å². The Morgan fingerprint density at radius 3 is 2.66 bits per heavy atom. The fourth-order valence-corrected chi connectivity index (χ4v) is 4.82. The highest BCUT2D eigenvalue weighted by Crippen LogP contribution is 2.38. The van der Waals surface area contributed by atoms with Gasteiger partial charge in [0.2, 0.25) is 5.82 Å². The van der Waals surface area contributed by atoms with Crippen LogP contribution in [0.5, 0.6) is 17.2 Å². The molecule has 0 fully saturated rings. The first-order valence-corrected chi connectivity index (χ1v) is 13.5. The number of hydrogen-bond acceptors (Lipinski definition) is 9. The zero-order chi connectivity index (χ0) is 29.1. The third-order valence-electron chi connectivity index (χ3n) is 6.20. The molecule has 10 nitrogen and oxygen atoms in total. The Morgan fingerprint density at radius 2 is 1.90 bits per heavy atom. The lowest BCUT2D eigenvalue weighted by atomic mass is 10.2.